The first kappa shape index (κ1) is 23.5. The molecule has 202 valence electrons. The zero-order valence-electron chi connectivity index (χ0n) is 23.6. The van der Waals surface area contributed by atoms with E-state index in [1.807, 2.05) is 6.08 Å². The Bertz CT molecular complexity index is 1670. The number of pyridine rings is 2. The van der Waals surface area contributed by atoms with Crippen molar-refractivity contribution in [2.75, 3.05) is 6.54 Å². The van der Waals surface area contributed by atoms with Crippen LogP contribution >= 0.6 is 11.6 Å². The quantitative estimate of drug-likeness (QED) is 0.499. The van der Waals surface area contributed by atoms with Gasteiger partial charge in [0, 0.05) is 38.9 Å². The summed E-state index contributed by atoms with van der Waals surface area (Å²) in [4.78, 5) is 31.4. The van der Waals surface area contributed by atoms with Crippen LogP contribution in [0.4, 0.5) is 4.39 Å². The molecule has 6 rings (SSSR count). The number of fused-ring (bicyclic) bond motifs is 4. The molecule has 8 nitrogen and oxygen atoms in total. The number of rotatable bonds is 4. The second kappa shape index (κ2) is 9.95. The van der Waals surface area contributed by atoms with Crippen LogP contribution in [-0.2, 0) is 18.4 Å². The van der Waals surface area contributed by atoms with E-state index in [9.17, 15) is 14.3 Å². The van der Waals surface area contributed by atoms with Crippen LogP contribution in [0.2, 0.25) is 5.02 Å². The highest BCUT2D eigenvalue weighted by Gasteiger charge is 2.31. The molecular weight excluding hydrogens is 521 g/mol. The first-order valence-corrected chi connectivity index (χ1v) is 13.4. The summed E-state index contributed by atoms with van der Waals surface area (Å²) in [5.41, 5.74) is 1.40. The standard InChI is InChI=1S/C29H29ClFN5O3/c1-29(2,38)28-32-10-9-20(35-28)21-13-22-17(14-33-21)5-3-4-6-19-12-24(25(30)27(37)36(19)22)39-23-8-7-16-11-18(31)15-34-26(16)23/h9-13,15,17,23,38H,3-8,14H2,1-2H3/t17-,23?/m0/s1/i7D2. The van der Waals surface area contributed by atoms with Crippen molar-refractivity contribution in [2.24, 2.45) is 10.9 Å². The van der Waals surface area contributed by atoms with Crippen LogP contribution in [0.25, 0.3) is 5.70 Å². The molecule has 0 aromatic carbocycles. The van der Waals surface area contributed by atoms with E-state index in [-0.39, 0.29) is 34.5 Å². The molecule has 2 aliphatic heterocycles. The van der Waals surface area contributed by atoms with Crippen LogP contribution in [-0.4, -0.2) is 36.9 Å². The molecule has 3 aromatic heterocycles. The maximum absolute atomic E-state index is 13.8. The first-order valence-electron chi connectivity index (χ1n) is 14.0. The van der Waals surface area contributed by atoms with Gasteiger partial charge in [-0.1, -0.05) is 18.0 Å². The fourth-order valence-corrected chi connectivity index (χ4v) is 5.49. The second-order valence-corrected chi connectivity index (χ2v) is 11.0. The number of dihydropyridines is 1. The van der Waals surface area contributed by atoms with Crippen LogP contribution in [0.15, 0.2) is 46.5 Å². The van der Waals surface area contributed by atoms with Gasteiger partial charge in [-0.3, -0.25) is 19.3 Å². The van der Waals surface area contributed by atoms with Gasteiger partial charge in [-0.25, -0.2) is 14.4 Å². The molecule has 3 aromatic rings. The fourth-order valence-electron chi connectivity index (χ4n) is 5.30. The van der Waals surface area contributed by atoms with Crippen molar-refractivity contribution in [3.63, 3.8) is 0 Å². The molecule has 5 heterocycles. The molecule has 0 saturated heterocycles. The van der Waals surface area contributed by atoms with Crippen LogP contribution in [0, 0.1) is 11.7 Å². The Balaban J connectivity index is 1.40. The number of halogens is 2. The van der Waals surface area contributed by atoms with Gasteiger partial charge in [0.05, 0.1) is 23.3 Å². The van der Waals surface area contributed by atoms with Crippen molar-refractivity contribution in [1.29, 1.82) is 0 Å². The average molecular weight is 552 g/mol. The van der Waals surface area contributed by atoms with Gasteiger partial charge in [0.1, 0.15) is 28.3 Å². The van der Waals surface area contributed by atoms with Gasteiger partial charge >= 0.3 is 0 Å². The number of hydrogen-bond donors (Lipinski definition) is 1. The normalized spacial score (nSPS) is 22.7. The number of aromatic nitrogens is 4. The number of hydrogen-bond acceptors (Lipinski definition) is 7. The van der Waals surface area contributed by atoms with Gasteiger partial charge in [0.15, 0.2) is 5.82 Å². The Morgan fingerprint density at radius 3 is 2.92 bits per heavy atom. The van der Waals surface area contributed by atoms with Crippen molar-refractivity contribution in [2.45, 2.75) is 64.0 Å². The minimum absolute atomic E-state index is 0.00183. The predicted molar refractivity (Wildman–Crippen MR) is 146 cm³/mol. The summed E-state index contributed by atoms with van der Waals surface area (Å²) >= 11 is 6.64. The molecule has 0 saturated carbocycles. The summed E-state index contributed by atoms with van der Waals surface area (Å²) < 4.78 is 38.3. The molecule has 0 radical (unpaired) electrons. The molecule has 0 fully saturated rings. The third-order valence-electron chi connectivity index (χ3n) is 7.27. The largest absolute Gasteiger partial charge is 0.482 e. The third kappa shape index (κ3) is 4.89. The maximum atomic E-state index is 13.8. The monoisotopic (exact) mass is 551 g/mol. The number of aliphatic imine (C=N–C) groups is 1. The summed E-state index contributed by atoms with van der Waals surface area (Å²) in [6, 6.07) is 4.60. The van der Waals surface area contributed by atoms with Crippen LogP contribution in [0.5, 0.6) is 5.75 Å². The van der Waals surface area contributed by atoms with Gasteiger partial charge in [-0.2, -0.15) is 0 Å². The molecule has 0 bridgehead atoms. The molecule has 1 unspecified atom stereocenters. The molecule has 1 N–H and O–H groups in total. The van der Waals surface area contributed by atoms with E-state index in [4.69, 9.17) is 24.1 Å². The van der Waals surface area contributed by atoms with Gasteiger partial charge in [0.2, 0.25) is 0 Å². The topological polar surface area (TPSA) is 102 Å². The molecule has 1 aliphatic carbocycles. The molecule has 39 heavy (non-hydrogen) atoms. The lowest BCUT2D eigenvalue weighted by molar-refractivity contribution is 0.0686. The Labute approximate surface area is 233 Å². The Kier molecular flexibility index (Phi) is 5.99. The lowest BCUT2D eigenvalue weighted by atomic mass is 9.91. The first-order chi connectivity index (χ1) is 19.4. The maximum Gasteiger partial charge on any atom is 0.277 e. The molecule has 2 atom stereocenters. The van der Waals surface area contributed by atoms with Crippen LogP contribution in [0.1, 0.15) is 76.8 Å². The highest BCUT2D eigenvalue weighted by molar-refractivity contribution is 6.31. The molecule has 0 amide bonds. The van der Waals surface area contributed by atoms with E-state index in [2.05, 4.69) is 15.0 Å². The van der Waals surface area contributed by atoms with Gasteiger partial charge in [0.25, 0.3) is 5.56 Å². The summed E-state index contributed by atoms with van der Waals surface area (Å²) in [6.07, 6.45) is 5.02. The third-order valence-corrected chi connectivity index (χ3v) is 7.62. The van der Waals surface area contributed by atoms with E-state index >= 15 is 0 Å². The molecule has 10 heteroatoms. The van der Waals surface area contributed by atoms with Crippen LogP contribution < -0.4 is 10.3 Å². The SMILES string of the molecule is [2H]C1([2H])CC(Oc2cc3n(c(=O)c2Cl)C2=CC(c4ccnc(C(C)(C)O)n4)=NC[C@@H]2CCCC3)c2ncc(F)cc21. The summed E-state index contributed by atoms with van der Waals surface area (Å²) in [5.74, 6) is -0.201. The highest BCUT2D eigenvalue weighted by Crippen LogP contribution is 2.38. The van der Waals surface area contributed by atoms with Crippen molar-refractivity contribution in [3.8, 4) is 5.75 Å². The minimum Gasteiger partial charge on any atom is -0.482 e. The molecule has 3 aliphatic rings. The van der Waals surface area contributed by atoms with E-state index in [0.29, 0.717) is 30.1 Å². The number of ether oxygens (including phenoxy) is 1. The number of allylic oxidation sites excluding steroid dienone is 1. The van der Waals surface area contributed by atoms with E-state index < -0.39 is 29.5 Å². The average Bonchev–Trinajstić information content (AvgIpc) is 3.16. The molecule has 0 spiro atoms. The summed E-state index contributed by atoms with van der Waals surface area (Å²) in [5, 5.41) is 10.3. The van der Waals surface area contributed by atoms with Crippen molar-refractivity contribution < 1.29 is 17.0 Å². The van der Waals surface area contributed by atoms with Crippen LogP contribution in [0.3, 0.4) is 0 Å². The van der Waals surface area contributed by atoms with Gasteiger partial charge < -0.3 is 9.84 Å². The van der Waals surface area contributed by atoms with E-state index in [1.54, 1.807) is 36.7 Å². The zero-order valence-corrected chi connectivity index (χ0v) is 22.4. The van der Waals surface area contributed by atoms with E-state index in [0.717, 1.165) is 42.9 Å². The highest BCUT2D eigenvalue weighted by atomic mass is 35.5. The summed E-state index contributed by atoms with van der Waals surface area (Å²) in [7, 11) is 0. The number of nitrogens with zero attached hydrogens (tertiary/aromatic N) is 5. The van der Waals surface area contributed by atoms with E-state index in [1.165, 1.54) is 0 Å². The Hall–Kier alpha value is -3.43. The van der Waals surface area contributed by atoms with Crippen molar-refractivity contribution in [3.05, 3.63) is 86.3 Å². The Morgan fingerprint density at radius 2 is 2.10 bits per heavy atom. The Morgan fingerprint density at radius 1 is 1.26 bits per heavy atom. The van der Waals surface area contributed by atoms with Gasteiger partial charge in [-0.05, 0) is 69.7 Å². The van der Waals surface area contributed by atoms with Crippen molar-refractivity contribution >= 4 is 23.0 Å². The minimum atomic E-state index is -1.83. The zero-order chi connectivity index (χ0) is 29.1. The van der Waals surface area contributed by atoms with Gasteiger partial charge in [-0.15, -0.1) is 0 Å². The smallest absolute Gasteiger partial charge is 0.277 e. The lowest BCUT2D eigenvalue weighted by Crippen LogP contribution is -2.32. The fraction of sp³-hybridized carbons (Fsp3) is 0.414. The number of aryl methyl sites for hydroxylation is 2. The number of aliphatic hydroxyl groups is 1. The molecular formula is C29H29ClFN5O3. The predicted octanol–water partition coefficient (Wildman–Crippen LogP) is 4.81. The lowest BCUT2D eigenvalue weighted by Gasteiger charge is -2.29. The second-order valence-electron chi connectivity index (χ2n) is 10.6. The van der Waals surface area contributed by atoms with Crippen molar-refractivity contribution in [1.82, 2.24) is 19.5 Å². The summed E-state index contributed by atoms with van der Waals surface area (Å²) in [6.45, 7) is 3.70.